The van der Waals surface area contributed by atoms with Crippen molar-refractivity contribution in [2.75, 3.05) is 18.4 Å². The van der Waals surface area contributed by atoms with Gasteiger partial charge in [-0.3, -0.25) is 9.69 Å². The normalized spacial score (nSPS) is 23.8. The van der Waals surface area contributed by atoms with Gasteiger partial charge in [0.25, 0.3) is 0 Å². The van der Waals surface area contributed by atoms with E-state index in [1.54, 1.807) is 0 Å². The first-order valence-electron chi connectivity index (χ1n) is 8.01. The minimum atomic E-state index is -0.268. The fourth-order valence-corrected chi connectivity index (χ4v) is 4.14. The van der Waals surface area contributed by atoms with Gasteiger partial charge in [-0.05, 0) is 42.6 Å². The summed E-state index contributed by atoms with van der Waals surface area (Å²) in [4.78, 5) is 15.1. The molecule has 1 fully saturated rings. The lowest BCUT2D eigenvalue weighted by Crippen LogP contribution is -2.43. The standard InChI is InChI=1S/C19H19BrN2O/c20-16-7-6-15-11-19(18(23)21-17(15)10-16)8-9-22(13-19)12-14-4-2-1-3-5-14/h1-7,10H,8-9,11-13H2,(H,21,23). The van der Waals surface area contributed by atoms with Gasteiger partial charge in [0.15, 0.2) is 0 Å². The van der Waals surface area contributed by atoms with E-state index in [1.165, 1.54) is 11.1 Å². The first-order chi connectivity index (χ1) is 11.1. The van der Waals surface area contributed by atoms with E-state index in [0.717, 1.165) is 42.6 Å². The average Bonchev–Trinajstić information content (AvgIpc) is 2.94. The Balaban J connectivity index is 1.53. The van der Waals surface area contributed by atoms with Crippen LogP contribution in [0, 0.1) is 5.41 Å². The van der Waals surface area contributed by atoms with Gasteiger partial charge in [-0.25, -0.2) is 0 Å². The maximum Gasteiger partial charge on any atom is 0.232 e. The summed E-state index contributed by atoms with van der Waals surface area (Å²) in [6.07, 6.45) is 1.77. The zero-order valence-corrected chi connectivity index (χ0v) is 14.5. The molecule has 1 amide bonds. The van der Waals surface area contributed by atoms with Crippen LogP contribution in [0.4, 0.5) is 5.69 Å². The maximum atomic E-state index is 12.7. The molecule has 0 aliphatic carbocycles. The molecule has 23 heavy (non-hydrogen) atoms. The second-order valence-electron chi connectivity index (χ2n) is 6.66. The molecule has 1 spiro atoms. The van der Waals surface area contributed by atoms with Crippen LogP contribution >= 0.6 is 15.9 Å². The molecule has 1 atom stereocenters. The highest BCUT2D eigenvalue weighted by molar-refractivity contribution is 9.10. The Labute approximate surface area is 144 Å². The summed E-state index contributed by atoms with van der Waals surface area (Å²) in [6.45, 7) is 2.74. The molecular formula is C19H19BrN2O. The monoisotopic (exact) mass is 370 g/mol. The fraction of sp³-hybridized carbons (Fsp3) is 0.316. The Kier molecular flexibility index (Phi) is 3.74. The summed E-state index contributed by atoms with van der Waals surface area (Å²) >= 11 is 3.47. The van der Waals surface area contributed by atoms with E-state index >= 15 is 0 Å². The van der Waals surface area contributed by atoms with Crippen molar-refractivity contribution in [1.82, 2.24) is 4.90 Å². The van der Waals surface area contributed by atoms with E-state index in [1.807, 2.05) is 12.1 Å². The van der Waals surface area contributed by atoms with Crippen molar-refractivity contribution in [3.63, 3.8) is 0 Å². The van der Waals surface area contributed by atoms with E-state index in [9.17, 15) is 4.79 Å². The number of rotatable bonds is 2. The van der Waals surface area contributed by atoms with E-state index in [2.05, 4.69) is 62.5 Å². The summed E-state index contributed by atoms with van der Waals surface area (Å²) in [5, 5.41) is 3.12. The third-order valence-electron chi connectivity index (χ3n) is 5.01. The van der Waals surface area contributed by atoms with E-state index in [-0.39, 0.29) is 11.3 Å². The number of hydrogen-bond donors (Lipinski definition) is 1. The quantitative estimate of drug-likeness (QED) is 0.870. The van der Waals surface area contributed by atoms with E-state index in [0.29, 0.717) is 0 Å². The molecule has 2 aromatic rings. The van der Waals surface area contributed by atoms with E-state index < -0.39 is 0 Å². The smallest absolute Gasteiger partial charge is 0.232 e. The minimum Gasteiger partial charge on any atom is -0.325 e. The van der Waals surface area contributed by atoms with Gasteiger partial charge < -0.3 is 5.32 Å². The molecule has 2 aliphatic heterocycles. The van der Waals surface area contributed by atoms with Crippen LogP contribution in [0.15, 0.2) is 53.0 Å². The zero-order chi connectivity index (χ0) is 15.9. The number of amides is 1. The molecule has 2 heterocycles. The van der Waals surface area contributed by atoms with Gasteiger partial charge in [0.05, 0.1) is 5.41 Å². The van der Waals surface area contributed by atoms with Crippen molar-refractivity contribution in [1.29, 1.82) is 0 Å². The molecular weight excluding hydrogens is 352 g/mol. The van der Waals surface area contributed by atoms with Crippen LogP contribution in [0.3, 0.4) is 0 Å². The van der Waals surface area contributed by atoms with Crippen molar-refractivity contribution < 1.29 is 4.79 Å². The molecule has 2 aromatic carbocycles. The lowest BCUT2D eigenvalue weighted by Gasteiger charge is -2.34. The SMILES string of the molecule is O=C1Nc2cc(Br)ccc2CC12CCN(Cc1ccccc1)C2. The predicted molar refractivity (Wildman–Crippen MR) is 95.2 cm³/mol. The number of carbonyl (C=O) groups excluding carboxylic acids is 1. The van der Waals surface area contributed by atoms with Crippen LogP contribution < -0.4 is 5.32 Å². The average molecular weight is 371 g/mol. The Morgan fingerprint density at radius 1 is 1.17 bits per heavy atom. The molecule has 1 unspecified atom stereocenters. The third kappa shape index (κ3) is 2.81. The highest BCUT2D eigenvalue weighted by Crippen LogP contribution is 2.41. The van der Waals surface area contributed by atoms with Gasteiger partial charge in [0, 0.05) is 23.2 Å². The van der Waals surface area contributed by atoms with Crippen LogP contribution in [-0.2, 0) is 17.8 Å². The number of likely N-dealkylation sites (tertiary alicyclic amines) is 1. The Hall–Kier alpha value is -1.65. The lowest BCUT2D eigenvalue weighted by atomic mass is 9.77. The highest BCUT2D eigenvalue weighted by atomic mass is 79.9. The van der Waals surface area contributed by atoms with Gasteiger partial charge >= 0.3 is 0 Å². The molecule has 4 heteroatoms. The van der Waals surface area contributed by atoms with Crippen LogP contribution in [0.25, 0.3) is 0 Å². The van der Waals surface area contributed by atoms with Gasteiger partial charge in [0.1, 0.15) is 0 Å². The first kappa shape index (κ1) is 14.9. The van der Waals surface area contributed by atoms with E-state index in [4.69, 9.17) is 0 Å². The van der Waals surface area contributed by atoms with Crippen LogP contribution in [0.5, 0.6) is 0 Å². The molecule has 3 nitrogen and oxygen atoms in total. The highest BCUT2D eigenvalue weighted by Gasteiger charge is 2.47. The third-order valence-corrected chi connectivity index (χ3v) is 5.51. The summed E-state index contributed by atoms with van der Waals surface area (Å²) in [6, 6.07) is 16.7. The summed E-state index contributed by atoms with van der Waals surface area (Å²) < 4.78 is 1.00. The topological polar surface area (TPSA) is 32.3 Å². The predicted octanol–water partition coefficient (Wildman–Crippen LogP) is 3.84. The number of fused-ring (bicyclic) bond motifs is 1. The molecule has 1 N–H and O–H groups in total. The van der Waals surface area contributed by atoms with Gasteiger partial charge in [-0.2, -0.15) is 0 Å². The minimum absolute atomic E-state index is 0.179. The Morgan fingerprint density at radius 2 is 2.00 bits per heavy atom. The molecule has 0 bridgehead atoms. The van der Waals surface area contributed by atoms with Crippen molar-refractivity contribution >= 4 is 27.5 Å². The van der Waals surface area contributed by atoms with Crippen LogP contribution in [0.2, 0.25) is 0 Å². The van der Waals surface area contributed by atoms with Crippen molar-refractivity contribution in [2.45, 2.75) is 19.4 Å². The number of benzene rings is 2. The number of hydrogen-bond acceptors (Lipinski definition) is 2. The summed E-state index contributed by atoms with van der Waals surface area (Å²) in [7, 11) is 0. The number of nitrogens with one attached hydrogen (secondary N) is 1. The molecule has 4 rings (SSSR count). The fourth-order valence-electron chi connectivity index (χ4n) is 3.78. The first-order valence-corrected chi connectivity index (χ1v) is 8.80. The molecule has 0 saturated carbocycles. The zero-order valence-electron chi connectivity index (χ0n) is 12.9. The molecule has 0 aromatic heterocycles. The van der Waals surface area contributed by atoms with Gasteiger partial charge in [-0.1, -0.05) is 52.3 Å². The second-order valence-corrected chi connectivity index (χ2v) is 7.57. The summed E-state index contributed by atoms with van der Waals surface area (Å²) in [5.74, 6) is 0.179. The van der Waals surface area contributed by atoms with Gasteiger partial charge in [-0.15, -0.1) is 0 Å². The lowest BCUT2D eigenvalue weighted by molar-refractivity contribution is -0.125. The molecule has 1 saturated heterocycles. The van der Waals surface area contributed by atoms with Crippen LogP contribution in [-0.4, -0.2) is 23.9 Å². The largest absolute Gasteiger partial charge is 0.325 e. The Bertz CT molecular complexity index is 746. The number of halogens is 1. The second kappa shape index (κ2) is 5.77. The molecule has 2 aliphatic rings. The Morgan fingerprint density at radius 3 is 2.83 bits per heavy atom. The van der Waals surface area contributed by atoms with Crippen molar-refractivity contribution in [3.05, 3.63) is 64.1 Å². The van der Waals surface area contributed by atoms with Crippen molar-refractivity contribution in [2.24, 2.45) is 5.41 Å². The molecule has 0 radical (unpaired) electrons. The number of anilines is 1. The van der Waals surface area contributed by atoms with Gasteiger partial charge in [0.2, 0.25) is 5.91 Å². The van der Waals surface area contributed by atoms with Crippen molar-refractivity contribution in [3.8, 4) is 0 Å². The summed E-state index contributed by atoms with van der Waals surface area (Å²) in [5.41, 5.74) is 3.24. The number of carbonyl (C=O) groups is 1. The molecule has 118 valence electrons. The number of nitrogens with zero attached hydrogens (tertiary/aromatic N) is 1. The maximum absolute atomic E-state index is 12.7. The van der Waals surface area contributed by atoms with Crippen LogP contribution in [0.1, 0.15) is 17.5 Å².